The van der Waals surface area contributed by atoms with Gasteiger partial charge in [-0.3, -0.25) is 0 Å². The molecule has 0 radical (unpaired) electrons. The van der Waals surface area contributed by atoms with E-state index in [2.05, 4.69) is 12.2 Å². The van der Waals surface area contributed by atoms with Gasteiger partial charge in [-0.1, -0.05) is 6.92 Å². The fraction of sp³-hybridized carbons (Fsp3) is 1.00. The Morgan fingerprint density at radius 1 is 1.43 bits per heavy atom. The molecule has 2 nitrogen and oxygen atoms in total. The van der Waals surface area contributed by atoms with E-state index in [1.165, 1.54) is 0 Å². The predicted molar refractivity (Wildman–Crippen MR) is 49.4 cm³/mol. The van der Waals surface area contributed by atoms with Gasteiger partial charge in [0.2, 0.25) is 0 Å². The monoisotopic (exact) mass is 205 g/mol. The standard InChI is InChI=1S/C10H17F2NO/c1-6-7(2)14-5-9(6)13-4-8-3-10(8,11)12/h6-9,13H,3-5H2,1-2H3. The van der Waals surface area contributed by atoms with Crippen LogP contribution in [0.15, 0.2) is 0 Å². The summed E-state index contributed by atoms with van der Waals surface area (Å²) < 4.78 is 30.6. The third kappa shape index (κ3) is 1.91. The van der Waals surface area contributed by atoms with E-state index in [1.54, 1.807) is 0 Å². The number of ether oxygens (including phenoxy) is 1. The van der Waals surface area contributed by atoms with E-state index in [1.807, 2.05) is 6.92 Å². The fourth-order valence-corrected chi connectivity index (χ4v) is 1.92. The Bertz CT molecular complexity index is 222. The average Bonchev–Trinajstić information content (AvgIpc) is 2.60. The van der Waals surface area contributed by atoms with Gasteiger partial charge in [0.05, 0.1) is 12.7 Å². The summed E-state index contributed by atoms with van der Waals surface area (Å²) >= 11 is 0. The first kappa shape index (κ1) is 10.3. The summed E-state index contributed by atoms with van der Waals surface area (Å²) in [7, 11) is 0. The predicted octanol–water partition coefficient (Wildman–Crippen LogP) is 1.65. The van der Waals surface area contributed by atoms with Crippen molar-refractivity contribution in [3.05, 3.63) is 0 Å². The van der Waals surface area contributed by atoms with E-state index < -0.39 is 11.8 Å². The van der Waals surface area contributed by atoms with Crippen LogP contribution >= 0.6 is 0 Å². The lowest BCUT2D eigenvalue weighted by Gasteiger charge is -2.16. The van der Waals surface area contributed by atoms with Crippen LogP contribution in [0.3, 0.4) is 0 Å². The number of rotatable bonds is 3. The van der Waals surface area contributed by atoms with Crippen molar-refractivity contribution in [1.29, 1.82) is 0 Å². The zero-order chi connectivity index (χ0) is 10.3. The topological polar surface area (TPSA) is 21.3 Å². The molecule has 4 atom stereocenters. The molecule has 1 aliphatic carbocycles. The Labute approximate surface area is 83.0 Å². The fourth-order valence-electron chi connectivity index (χ4n) is 1.92. The Morgan fingerprint density at radius 3 is 2.50 bits per heavy atom. The maximum absolute atomic E-state index is 12.6. The highest BCUT2D eigenvalue weighted by atomic mass is 19.3. The van der Waals surface area contributed by atoms with E-state index in [9.17, 15) is 8.78 Å². The second-order valence-electron chi connectivity index (χ2n) is 4.57. The van der Waals surface area contributed by atoms with Gasteiger partial charge in [0.1, 0.15) is 0 Å². The molecule has 0 aromatic carbocycles. The molecule has 0 bridgehead atoms. The molecule has 0 spiro atoms. The Hall–Kier alpha value is -0.220. The van der Waals surface area contributed by atoms with Crippen molar-refractivity contribution in [2.24, 2.45) is 11.8 Å². The second kappa shape index (κ2) is 3.42. The van der Waals surface area contributed by atoms with Crippen LogP contribution in [0.2, 0.25) is 0 Å². The van der Waals surface area contributed by atoms with Crippen LogP contribution in [0.1, 0.15) is 20.3 Å². The van der Waals surface area contributed by atoms with Crippen molar-refractivity contribution in [2.75, 3.05) is 13.2 Å². The molecule has 0 amide bonds. The summed E-state index contributed by atoms with van der Waals surface area (Å²) in [6.07, 6.45) is 0.296. The lowest BCUT2D eigenvalue weighted by atomic mass is 10.0. The van der Waals surface area contributed by atoms with Gasteiger partial charge >= 0.3 is 0 Å². The molecule has 0 aromatic heterocycles. The van der Waals surface area contributed by atoms with Crippen LogP contribution in [0.4, 0.5) is 8.78 Å². The minimum atomic E-state index is -2.40. The van der Waals surface area contributed by atoms with Crippen molar-refractivity contribution < 1.29 is 13.5 Å². The van der Waals surface area contributed by atoms with Gasteiger partial charge in [0.15, 0.2) is 0 Å². The number of alkyl halides is 2. The first-order chi connectivity index (χ1) is 6.50. The van der Waals surface area contributed by atoms with Gasteiger partial charge in [0.25, 0.3) is 5.92 Å². The highest BCUT2D eigenvalue weighted by Crippen LogP contribution is 2.48. The lowest BCUT2D eigenvalue weighted by molar-refractivity contribution is 0.0969. The van der Waals surface area contributed by atoms with Crippen LogP contribution < -0.4 is 5.32 Å². The molecular formula is C10H17F2NO. The summed E-state index contributed by atoms with van der Waals surface area (Å²) in [4.78, 5) is 0. The normalized spacial score (nSPS) is 45.4. The molecule has 1 heterocycles. The van der Waals surface area contributed by atoms with Gasteiger partial charge in [0, 0.05) is 24.9 Å². The third-order valence-electron chi connectivity index (χ3n) is 3.50. The van der Waals surface area contributed by atoms with Gasteiger partial charge < -0.3 is 10.1 Å². The molecule has 1 N–H and O–H groups in total. The van der Waals surface area contributed by atoms with Gasteiger partial charge in [-0.05, 0) is 12.8 Å². The maximum Gasteiger partial charge on any atom is 0.252 e. The van der Waals surface area contributed by atoms with E-state index >= 15 is 0 Å². The lowest BCUT2D eigenvalue weighted by Crippen LogP contribution is -2.37. The number of halogens is 2. The van der Waals surface area contributed by atoms with Crippen molar-refractivity contribution in [3.63, 3.8) is 0 Å². The van der Waals surface area contributed by atoms with Crippen LogP contribution in [0, 0.1) is 11.8 Å². The zero-order valence-electron chi connectivity index (χ0n) is 8.59. The minimum Gasteiger partial charge on any atom is -0.377 e. The van der Waals surface area contributed by atoms with Crippen molar-refractivity contribution in [2.45, 2.75) is 38.3 Å². The number of nitrogens with one attached hydrogen (secondary N) is 1. The number of hydrogen-bond acceptors (Lipinski definition) is 2. The Kier molecular flexibility index (Phi) is 2.52. The molecular weight excluding hydrogens is 188 g/mol. The summed E-state index contributed by atoms with van der Waals surface area (Å²) in [5.41, 5.74) is 0. The summed E-state index contributed by atoms with van der Waals surface area (Å²) in [6.45, 7) is 5.21. The molecule has 1 aliphatic heterocycles. The first-order valence-electron chi connectivity index (χ1n) is 5.23. The van der Waals surface area contributed by atoms with E-state index in [-0.39, 0.29) is 18.6 Å². The highest BCUT2D eigenvalue weighted by molar-refractivity contribution is 4.97. The van der Waals surface area contributed by atoms with E-state index in [0.717, 1.165) is 0 Å². The molecule has 1 saturated carbocycles. The zero-order valence-corrected chi connectivity index (χ0v) is 8.59. The summed E-state index contributed by atoms with van der Waals surface area (Å²) in [5, 5.41) is 3.17. The molecule has 0 aromatic rings. The molecule has 14 heavy (non-hydrogen) atoms. The Morgan fingerprint density at radius 2 is 2.07 bits per heavy atom. The minimum absolute atomic E-state index is 0.0531. The molecule has 4 unspecified atom stereocenters. The molecule has 2 aliphatic rings. The summed E-state index contributed by atoms with van der Waals surface area (Å²) in [6, 6.07) is 0.251. The second-order valence-corrected chi connectivity index (χ2v) is 4.57. The smallest absolute Gasteiger partial charge is 0.252 e. The Balaban J connectivity index is 1.72. The molecule has 1 saturated heterocycles. The summed E-state index contributed by atoms with van der Waals surface area (Å²) in [5.74, 6) is -2.42. The third-order valence-corrected chi connectivity index (χ3v) is 3.50. The largest absolute Gasteiger partial charge is 0.377 e. The maximum atomic E-state index is 12.6. The van der Waals surface area contributed by atoms with Gasteiger partial charge in [-0.15, -0.1) is 0 Å². The number of hydrogen-bond donors (Lipinski definition) is 1. The quantitative estimate of drug-likeness (QED) is 0.756. The van der Waals surface area contributed by atoms with Gasteiger partial charge in [-0.25, -0.2) is 8.78 Å². The van der Waals surface area contributed by atoms with Crippen LogP contribution in [-0.2, 0) is 4.74 Å². The van der Waals surface area contributed by atoms with E-state index in [0.29, 0.717) is 19.1 Å². The SMILES string of the molecule is CC1OCC(NCC2CC2(F)F)C1C. The molecule has 2 fully saturated rings. The molecule has 82 valence electrons. The molecule has 4 heteroatoms. The highest BCUT2D eigenvalue weighted by Gasteiger charge is 2.56. The average molecular weight is 205 g/mol. The first-order valence-corrected chi connectivity index (χ1v) is 5.23. The van der Waals surface area contributed by atoms with Crippen LogP contribution in [0.25, 0.3) is 0 Å². The van der Waals surface area contributed by atoms with Crippen LogP contribution in [0.5, 0.6) is 0 Å². The van der Waals surface area contributed by atoms with Crippen molar-refractivity contribution in [1.82, 2.24) is 5.32 Å². The van der Waals surface area contributed by atoms with Crippen LogP contribution in [-0.4, -0.2) is 31.2 Å². The van der Waals surface area contributed by atoms with Crippen molar-refractivity contribution in [3.8, 4) is 0 Å². The van der Waals surface area contributed by atoms with E-state index in [4.69, 9.17) is 4.74 Å². The van der Waals surface area contributed by atoms with Crippen molar-refractivity contribution >= 4 is 0 Å². The molecule has 2 rings (SSSR count). The van der Waals surface area contributed by atoms with Gasteiger partial charge in [-0.2, -0.15) is 0 Å².